The third-order valence-corrected chi connectivity index (χ3v) is 6.77. The molecule has 0 atom stereocenters. The number of likely N-dealkylation sites (N-methyl/N-ethyl adjacent to an activating group) is 1. The molecule has 1 N–H and O–H groups in total. The predicted molar refractivity (Wildman–Crippen MR) is 124 cm³/mol. The van der Waals surface area contributed by atoms with Crippen LogP contribution >= 0.6 is 22.9 Å². The summed E-state index contributed by atoms with van der Waals surface area (Å²) < 4.78 is 1.83. The molecule has 0 unspecified atom stereocenters. The van der Waals surface area contributed by atoms with Gasteiger partial charge in [0.2, 0.25) is 5.91 Å². The van der Waals surface area contributed by atoms with Crippen molar-refractivity contribution in [3.63, 3.8) is 0 Å². The Balaban J connectivity index is 1.37. The first-order valence-electron chi connectivity index (χ1n) is 10.4. The van der Waals surface area contributed by atoms with E-state index >= 15 is 0 Å². The van der Waals surface area contributed by atoms with Crippen molar-refractivity contribution in [1.29, 1.82) is 0 Å². The van der Waals surface area contributed by atoms with Crippen LogP contribution in [0.2, 0.25) is 5.02 Å². The Hall–Kier alpha value is -2.49. The summed E-state index contributed by atoms with van der Waals surface area (Å²) in [5.74, 6) is -0.224. The highest BCUT2D eigenvalue weighted by atomic mass is 35.5. The van der Waals surface area contributed by atoms with Crippen LogP contribution in [0.1, 0.15) is 12.5 Å². The van der Waals surface area contributed by atoms with E-state index in [2.05, 4.69) is 32.0 Å². The minimum Gasteiger partial charge on any atom is -0.354 e. The van der Waals surface area contributed by atoms with Gasteiger partial charge in [0.05, 0.1) is 0 Å². The van der Waals surface area contributed by atoms with E-state index < -0.39 is 0 Å². The maximum atomic E-state index is 12.9. The summed E-state index contributed by atoms with van der Waals surface area (Å²) in [7, 11) is 0. The third kappa shape index (κ3) is 5.23. The highest BCUT2D eigenvalue weighted by Crippen LogP contribution is 2.26. The molecule has 31 heavy (non-hydrogen) atoms. The van der Waals surface area contributed by atoms with Crippen LogP contribution in [0, 0.1) is 0 Å². The van der Waals surface area contributed by atoms with E-state index in [4.69, 9.17) is 11.6 Å². The van der Waals surface area contributed by atoms with Gasteiger partial charge in [-0.2, -0.15) is 4.98 Å². The number of anilines is 1. The van der Waals surface area contributed by atoms with Crippen LogP contribution in [0.5, 0.6) is 0 Å². The fourth-order valence-electron chi connectivity index (χ4n) is 3.55. The molecule has 2 aromatic heterocycles. The van der Waals surface area contributed by atoms with E-state index in [-0.39, 0.29) is 18.0 Å². The van der Waals surface area contributed by atoms with Crippen molar-refractivity contribution >= 4 is 44.3 Å². The van der Waals surface area contributed by atoms with Gasteiger partial charge in [-0.05, 0) is 30.7 Å². The molecule has 164 valence electrons. The third-order valence-electron chi connectivity index (χ3n) is 5.43. The lowest BCUT2D eigenvalue weighted by molar-refractivity contribution is -0.121. The zero-order chi connectivity index (χ0) is 21.8. The summed E-state index contributed by atoms with van der Waals surface area (Å²) in [5.41, 5.74) is 1.30. The molecule has 0 saturated carbocycles. The number of aromatic nitrogens is 3. The Morgan fingerprint density at radius 3 is 2.65 bits per heavy atom. The summed E-state index contributed by atoms with van der Waals surface area (Å²) in [6, 6.07) is 7.51. The fourth-order valence-corrected chi connectivity index (χ4v) is 4.69. The van der Waals surface area contributed by atoms with Gasteiger partial charge in [-0.25, -0.2) is 4.98 Å². The van der Waals surface area contributed by atoms with Crippen molar-refractivity contribution in [3.8, 4) is 0 Å². The zero-order valence-electron chi connectivity index (χ0n) is 17.4. The number of nitrogens with zero attached hydrogens (tertiary/aromatic N) is 5. The Morgan fingerprint density at radius 2 is 1.94 bits per heavy atom. The molecule has 3 aromatic rings. The average molecular weight is 461 g/mol. The lowest BCUT2D eigenvalue weighted by Gasteiger charge is -2.33. The van der Waals surface area contributed by atoms with Crippen LogP contribution in [0.25, 0.3) is 10.3 Å². The normalized spacial score (nSPS) is 14.8. The molecular formula is C21H25ClN6O2S. The number of carbonyl (C=O) groups excluding carboxylic acids is 1. The average Bonchev–Trinajstić information content (AvgIpc) is 3.22. The van der Waals surface area contributed by atoms with Gasteiger partial charge >= 0.3 is 0 Å². The molecule has 0 bridgehead atoms. The number of hydrogen-bond donors (Lipinski definition) is 1. The molecule has 0 aliphatic carbocycles. The van der Waals surface area contributed by atoms with Crippen LogP contribution in [0.4, 0.5) is 5.13 Å². The summed E-state index contributed by atoms with van der Waals surface area (Å²) in [4.78, 5) is 38.6. The van der Waals surface area contributed by atoms with Gasteiger partial charge in [0, 0.05) is 37.7 Å². The van der Waals surface area contributed by atoms with Crippen molar-refractivity contribution in [2.45, 2.75) is 19.9 Å². The van der Waals surface area contributed by atoms with Crippen molar-refractivity contribution < 1.29 is 4.79 Å². The van der Waals surface area contributed by atoms with Crippen molar-refractivity contribution in [3.05, 3.63) is 51.5 Å². The number of amides is 1. The standard InChI is InChI=1S/C21H25ClN6O2S/c1-2-26-9-11-27(12-10-26)21-25-19-18(31-21)20(30)28(14-24-19)13-17(29)23-8-7-15-3-5-16(22)6-4-15/h3-6,14H,2,7-13H2,1H3,(H,23,29). The second-order valence-electron chi connectivity index (χ2n) is 7.47. The Kier molecular flexibility index (Phi) is 6.84. The molecule has 1 aliphatic rings. The van der Waals surface area contributed by atoms with Gasteiger partial charge in [0.15, 0.2) is 10.8 Å². The van der Waals surface area contributed by atoms with Crippen LogP contribution in [0.15, 0.2) is 35.4 Å². The largest absolute Gasteiger partial charge is 0.354 e. The second-order valence-corrected chi connectivity index (χ2v) is 8.89. The maximum Gasteiger partial charge on any atom is 0.273 e. The van der Waals surface area contributed by atoms with Crippen LogP contribution in [-0.4, -0.2) is 64.6 Å². The molecular weight excluding hydrogens is 436 g/mol. The van der Waals surface area contributed by atoms with Gasteiger partial charge in [-0.3, -0.25) is 14.2 Å². The number of halogens is 1. The van der Waals surface area contributed by atoms with E-state index in [1.54, 1.807) is 0 Å². The highest BCUT2D eigenvalue weighted by Gasteiger charge is 2.20. The number of thiazole rings is 1. The Bertz CT molecular complexity index is 1110. The summed E-state index contributed by atoms with van der Waals surface area (Å²) >= 11 is 7.24. The number of hydrogen-bond acceptors (Lipinski definition) is 7. The second kappa shape index (κ2) is 9.76. The van der Waals surface area contributed by atoms with E-state index in [9.17, 15) is 9.59 Å². The number of rotatable bonds is 7. The Morgan fingerprint density at radius 1 is 1.19 bits per heavy atom. The quantitative estimate of drug-likeness (QED) is 0.580. The molecule has 1 aliphatic heterocycles. The molecule has 1 amide bonds. The van der Waals surface area contributed by atoms with Gasteiger partial charge in [-0.15, -0.1) is 0 Å². The topological polar surface area (TPSA) is 83.4 Å². The first-order valence-corrected chi connectivity index (χ1v) is 11.6. The van der Waals surface area contributed by atoms with Crippen molar-refractivity contribution in [1.82, 2.24) is 24.8 Å². The van der Waals surface area contributed by atoms with Crippen LogP contribution < -0.4 is 15.8 Å². The van der Waals surface area contributed by atoms with Crippen molar-refractivity contribution in [2.24, 2.45) is 0 Å². The zero-order valence-corrected chi connectivity index (χ0v) is 19.0. The fraction of sp³-hybridized carbons (Fsp3) is 0.429. The van der Waals surface area contributed by atoms with Gasteiger partial charge in [0.25, 0.3) is 5.56 Å². The number of fused-ring (bicyclic) bond motifs is 1. The maximum absolute atomic E-state index is 12.9. The molecule has 4 rings (SSSR count). The SMILES string of the molecule is CCN1CCN(c2nc3ncn(CC(=O)NCCc4ccc(Cl)cc4)c(=O)c3s2)CC1. The summed E-state index contributed by atoms with van der Waals surface area (Å²) in [6.07, 6.45) is 2.10. The number of nitrogens with one attached hydrogen (secondary N) is 1. The minimum atomic E-state index is -0.228. The van der Waals surface area contributed by atoms with E-state index in [1.165, 1.54) is 22.2 Å². The highest BCUT2D eigenvalue weighted by molar-refractivity contribution is 7.22. The monoisotopic (exact) mass is 460 g/mol. The minimum absolute atomic E-state index is 0.0647. The van der Waals surface area contributed by atoms with Gasteiger partial charge < -0.3 is 15.1 Å². The van der Waals surface area contributed by atoms with E-state index in [0.717, 1.165) is 43.4 Å². The summed E-state index contributed by atoms with van der Waals surface area (Å²) in [6.45, 7) is 7.37. The van der Waals surface area contributed by atoms with Crippen molar-refractivity contribution in [2.75, 3.05) is 44.2 Å². The predicted octanol–water partition coefficient (Wildman–Crippen LogP) is 2.01. The number of piperazine rings is 1. The smallest absolute Gasteiger partial charge is 0.273 e. The first-order chi connectivity index (χ1) is 15.0. The van der Waals surface area contributed by atoms with Crippen LogP contribution in [-0.2, 0) is 17.8 Å². The summed E-state index contributed by atoms with van der Waals surface area (Å²) in [5, 5.41) is 4.36. The number of carbonyl (C=O) groups is 1. The Labute approximate surface area is 189 Å². The molecule has 0 spiro atoms. The van der Waals surface area contributed by atoms with Gasteiger partial charge in [-0.1, -0.05) is 42.0 Å². The lowest BCUT2D eigenvalue weighted by Crippen LogP contribution is -2.46. The molecule has 8 nitrogen and oxygen atoms in total. The van der Waals surface area contributed by atoms with E-state index in [0.29, 0.717) is 28.3 Å². The molecule has 10 heteroatoms. The molecule has 1 fully saturated rings. The molecule has 1 saturated heterocycles. The molecule has 3 heterocycles. The first kappa shape index (κ1) is 21.7. The van der Waals surface area contributed by atoms with Gasteiger partial charge in [0.1, 0.15) is 17.6 Å². The number of benzene rings is 1. The molecule has 1 aromatic carbocycles. The van der Waals surface area contributed by atoms with E-state index in [1.807, 2.05) is 24.3 Å². The van der Waals surface area contributed by atoms with Crippen LogP contribution in [0.3, 0.4) is 0 Å². The molecule has 0 radical (unpaired) electrons. The lowest BCUT2D eigenvalue weighted by atomic mass is 10.1.